The van der Waals surface area contributed by atoms with Crippen molar-refractivity contribution >= 4 is 11.9 Å². The Hall–Kier alpha value is -2.66. The van der Waals surface area contributed by atoms with Crippen molar-refractivity contribution in [2.75, 3.05) is 26.3 Å². The van der Waals surface area contributed by atoms with Crippen LogP contribution in [0.1, 0.15) is 17.2 Å². The summed E-state index contributed by atoms with van der Waals surface area (Å²) >= 11 is 0. The van der Waals surface area contributed by atoms with Crippen LogP contribution in [0.3, 0.4) is 0 Å². The molecule has 5 nitrogen and oxygen atoms in total. The van der Waals surface area contributed by atoms with Gasteiger partial charge in [-0.05, 0) is 5.56 Å². The fraction of sp³-hybridized carbons (Fsp3) is 0.300. The van der Waals surface area contributed by atoms with Gasteiger partial charge >= 0.3 is 6.09 Å². The highest BCUT2D eigenvalue weighted by molar-refractivity contribution is 5.88. The van der Waals surface area contributed by atoms with Gasteiger partial charge in [0.1, 0.15) is 0 Å². The minimum atomic E-state index is -0.906. The molecule has 1 aliphatic rings. The predicted octanol–water partition coefficient (Wildman–Crippen LogP) is 3.01. The summed E-state index contributed by atoms with van der Waals surface area (Å²) in [6.07, 6.45) is -1.16. The number of benzene rings is 2. The van der Waals surface area contributed by atoms with E-state index in [0.29, 0.717) is 31.9 Å². The van der Waals surface area contributed by atoms with Crippen molar-refractivity contribution in [2.24, 2.45) is 0 Å². The molecule has 3 rings (SSSR count). The largest absolute Gasteiger partial charge is 0.433 e. The SMILES string of the molecule is O=C(Cc1ccccc1)C(OC(=O)N1CCOCC1)c1ccccc1. The Balaban J connectivity index is 1.75. The van der Waals surface area contributed by atoms with Gasteiger partial charge in [-0.1, -0.05) is 60.7 Å². The van der Waals surface area contributed by atoms with E-state index in [-0.39, 0.29) is 12.2 Å². The maximum Gasteiger partial charge on any atom is 0.410 e. The molecule has 130 valence electrons. The molecule has 0 radical (unpaired) electrons. The third kappa shape index (κ3) is 4.67. The molecule has 1 aliphatic heterocycles. The van der Waals surface area contributed by atoms with Gasteiger partial charge in [0.25, 0.3) is 0 Å². The molecule has 1 saturated heterocycles. The first-order valence-electron chi connectivity index (χ1n) is 8.39. The molecule has 0 bridgehead atoms. The molecular weight excluding hydrogens is 318 g/mol. The van der Waals surface area contributed by atoms with Gasteiger partial charge in [-0.3, -0.25) is 4.79 Å². The van der Waals surface area contributed by atoms with E-state index in [0.717, 1.165) is 5.56 Å². The number of amides is 1. The van der Waals surface area contributed by atoms with Crippen LogP contribution in [-0.2, 0) is 20.7 Å². The van der Waals surface area contributed by atoms with Gasteiger partial charge < -0.3 is 14.4 Å². The van der Waals surface area contributed by atoms with Crippen LogP contribution in [0, 0.1) is 0 Å². The van der Waals surface area contributed by atoms with E-state index in [1.54, 1.807) is 17.0 Å². The van der Waals surface area contributed by atoms with E-state index >= 15 is 0 Å². The number of hydrogen-bond acceptors (Lipinski definition) is 4. The summed E-state index contributed by atoms with van der Waals surface area (Å²) in [5.74, 6) is -0.140. The molecule has 5 heteroatoms. The van der Waals surface area contributed by atoms with E-state index in [1.165, 1.54) is 0 Å². The molecule has 0 aliphatic carbocycles. The molecule has 0 saturated carbocycles. The number of carbonyl (C=O) groups is 2. The molecule has 1 unspecified atom stereocenters. The first kappa shape index (κ1) is 17.2. The predicted molar refractivity (Wildman–Crippen MR) is 93.2 cm³/mol. The number of ketones is 1. The van der Waals surface area contributed by atoms with E-state index in [9.17, 15) is 9.59 Å². The zero-order chi connectivity index (χ0) is 17.5. The summed E-state index contributed by atoms with van der Waals surface area (Å²) in [4.78, 5) is 26.8. The summed E-state index contributed by atoms with van der Waals surface area (Å²) in [5.41, 5.74) is 1.58. The van der Waals surface area contributed by atoms with Gasteiger partial charge in [-0.2, -0.15) is 0 Å². The second kappa shape index (κ2) is 8.44. The molecule has 1 amide bonds. The number of rotatable bonds is 5. The smallest absolute Gasteiger partial charge is 0.410 e. The Morgan fingerprint density at radius 3 is 2.20 bits per heavy atom. The van der Waals surface area contributed by atoms with Crippen LogP contribution in [0.2, 0.25) is 0 Å². The third-order valence-corrected chi connectivity index (χ3v) is 4.10. The van der Waals surface area contributed by atoms with Gasteiger partial charge in [0.15, 0.2) is 11.9 Å². The summed E-state index contributed by atoms with van der Waals surface area (Å²) in [7, 11) is 0. The molecular formula is C20H21NO4. The van der Waals surface area contributed by atoms with Crippen LogP contribution < -0.4 is 0 Å². The summed E-state index contributed by atoms with van der Waals surface area (Å²) < 4.78 is 10.8. The average Bonchev–Trinajstić information content (AvgIpc) is 2.68. The molecule has 0 aromatic heterocycles. The number of ether oxygens (including phenoxy) is 2. The van der Waals surface area contributed by atoms with Gasteiger partial charge in [-0.15, -0.1) is 0 Å². The number of nitrogens with zero attached hydrogens (tertiary/aromatic N) is 1. The van der Waals surface area contributed by atoms with Crippen LogP contribution in [0.4, 0.5) is 4.79 Å². The Kier molecular flexibility index (Phi) is 5.80. The lowest BCUT2D eigenvalue weighted by Gasteiger charge is -2.28. The summed E-state index contributed by atoms with van der Waals surface area (Å²) in [5, 5.41) is 0. The number of carbonyl (C=O) groups excluding carboxylic acids is 2. The lowest BCUT2D eigenvalue weighted by molar-refractivity contribution is -0.127. The van der Waals surface area contributed by atoms with Crippen molar-refractivity contribution in [2.45, 2.75) is 12.5 Å². The van der Waals surface area contributed by atoms with Gasteiger partial charge in [-0.25, -0.2) is 4.79 Å². The highest BCUT2D eigenvalue weighted by Crippen LogP contribution is 2.22. The average molecular weight is 339 g/mol. The Labute approximate surface area is 147 Å². The van der Waals surface area contributed by atoms with Gasteiger partial charge in [0.2, 0.25) is 0 Å². The first-order chi connectivity index (χ1) is 12.2. The van der Waals surface area contributed by atoms with Crippen molar-refractivity contribution in [3.63, 3.8) is 0 Å². The second-order valence-corrected chi connectivity index (χ2v) is 5.90. The molecule has 25 heavy (non-hydrogen) atoms. The summed E-state index contributed by atoms with van der Waals surface area (Å²) in [6.45, 7) is 1.94. The standard InChI is InChI=1S/C20H21NO4/c22-18(15-16-7-3-1-4-8-16)19(17-9-5-2-6-10-17)25-20(23)21-11-13-24-14-12-21/h1-10,19H,11-15H2. The van der Waals surface area contributed by atoms with Crippen LogP contribution in [0.5, 0.6) is 0 Å². The van der Waals surface area contributed by atoms with Crippen LogP contribution >= 0.6 is 0 Å². The molecule has 2 aromatic carbocycles. The minimum Gasteiger partial charge on any atom is -0.433 e. The van der Waals surface area contributed by atoms with Crippen molar-refractivity contribution < 1.29 is 19.1 Å². The fourth-order valence-electron chi connectivity index (χ4n) is 2.76. The molecule has 1 heterocycles. The third-order valence-electron chi connectivity index (χ3n) is 4.10. The van der Waals surface area contributed by atoms with Crippen molar-refractivity contribution in [1.29, 1.82) is 0 Å². The molecule has 1 atom stereocenters. The highest BCUT2D eigenvalue weighted by Gasteiger charge is 2.28. The van der Waals surface area contributed by atoms with Gasteiger partial charge in [0, 0.05) is 25.1 Å². The van der Waals surface area contributed by atoms with E-state index in [4.69, 9.17) is 9.47 Å². The minimum absolute atomic E-state index is 0.140. The van der Waals surface area contributed by atoms with Crippen LogP contribution in [-0.4, -0.2) is 43.1 Å². The molecule has 0 spiro atoms. The quantitative estimate of drug-likeness (QED) is 0.840. The maximum atomic E-state index is 12.8. The van der Waals surface area contributed by atoms with Gasteiger partial charge in [0.05, 0.1) is 13.2 Å². The molecule has 1 fully saturated rings. The van der Waals surface area contributed by atoms with Crippen molar-refractivity contribution in [1.82, 2.24) is 4.90 Å². The maximum absolute atomic E-state index is 12.8. The fourth-order valence-corrected chi connectivity index (χ4v) is 2.76. The monoisotopic (exact) mass is 339 g/mol. The zero-order valence-electron chi connectivity index (χ0n) is 14.0. The summed E-state index contributed by atoms with van der Waals surface area (Å²) in [6, 6.07) is 18.6. The molecule has 0 N–H and O–H groups in total. The normalized spacial score (nSPS) is 15.4. The first-order valence-corrected chi connectivity index (χ1v) is 8.39. The zero-order valence-corrected chi connectivity index (χ0v) is 14.0. The van der Waals surface area contributed by atoms with E-state index < -0.39 is 12.2 Å². The number of Topliss-reactive ketones (excluding diaryl/α,β-unsaturated/α-hetero) is 1. The second-order valence-electron chi connectivity index (χ2n) is 5.90. The van der Waals surface area contributed by atoms with Crippen molar-refractivity contribution in [3.8, 4) is 0 Å². The lowest BCUT2D eigenvalue weighted by atomic mass is 10.00. The topological polar surface area (TPSA) is 55.8 Å². The number of morpholine rings is 1. The lowest BCUT2D eigenvalue weighted by Crippen LogP contribution is -2.42. The van der Waals surface area contributed by atoms with Crippen molar-refractivity contribution in [3.05, 3.63) is 71.8 Å². The van der Waals surface area contributed by atoms with Crippen LogP contribution in [0.15, 0.2) is 60.7 Å². The number of hydrogen-bond donors (Lipinski definition) is 0. The van der Waals surface area contributed by atoms with E-state index in [2.05, 4.69) is 0 Å². The Morgan fingerprint density at radius 2 is 1.56 bits per heavy atom. The Morgan fingerprint density at radius 1 is 0.960 bits per heavy atom. The molecule has 2 aromatic rings. The highest BCUT2D eigenvalue weighted by atomic mass is 16.6. The van der Waals surface area contributed by atoms with E-state index in [1.807, 2.05) is 48.5 Å². The van der Waals surface area contributed by atoms with Crippen LogP contribution in [0.25, 0.3) is 0 Å². The Bertz CT molecular complexity index is 696.